The predicted octanol–water partition coefficient (Wildman–Crippen LogP) is 7.13. The van der Waals surface area contributed by atoms with E-state index >= 15 is 0 Å². The van der Waals surface area contributed by atoms with E-state index in [-0.39, 0.29) is 0 Å². The summed E-state index contributed by atoms with van der Waals surface area (Å²) in [5.41, 5.74) is 3.09. The van der Waals surface area contributed by atoms with Crippen LogP contribution in [-0.2, 0) is 12.8 Å². The molecule has 0 saturated heterocycles. The van der Waals surface area contributed by atoms with E-state index in [0.29, 0.717) is 24.3 Å². The molecule has 1 aliphatic rings. The van der Waals surface area contributed by atoms with Crippen molar-refractivity contribution in [3.05, 3.63) is 64.7 Å². The normalized spacial score (nSPS) is 19.6. The molecule has 1 aliphatic carbocycles. The number of hydrogen-bond donors (Lipinski definition) is 0. The van der Waals surface area contributed by atoms with Gasteiger partial charge in [-0.25, -0.2) is 13.2 Å². The van der Waals surface area contributed by atoms with E-state index in [4.69, 9.17) is 0 Å². The predicted molar refractivity (Wildman–Crippen MR) is 106 cm³/mol. The zero-order valence-corrected chi connectivity index (χ0v) is 16.5. The van der Waals surface area contributed by atoms with Crippen molar-refractivity contribution < 1.29 is 17.9 Å². The van der Waals surface area contributed by atoms with Crippen LogP contribution in [0.15, 0.2) is 36.4 Å². The molecular weight excluding hydrogens is 361 g/mol. The molecule has 1 fully saturated rings. The molecule has 28 heavy (non-hydrogen) atoms. The number of rotatable bonds is 8. The summed E-state index contributed by atoms with van der Waals surface area (Å²) in [6.07, 6.45) is 9.07. The number of hydrogen-bond acceptors (Lipinski definition) is 1. The first-order valence-corrected chi connectivity index (χ1v) is 10.4. The first-order valence-electron chi connectivity index (χ1n) is 10.4. The van der Waals surface area contributed by atoms with Gasteiger partial charge in [0, 0.05) is 0 Å². The fourth-order valence-electron chi connectivity index (χ4n) is 4.39. The van der Waals surface area contributed by atoms with Crippen LogP contribution in [0.3, 0.4) is 0 Å². The third-order valence-corrected chi connectivity index (χ3v) is 5.95. The van der Waals surface area contributed by atoms with Crippen LogP contribution in [0.5, 0.6) is 5.75 Å². The second-order valence-corrected chi connectivity index (χ2v) is 7.89. The third-order valence-electron chi connectivity index (χ3n) is 5.95. The number of halogens is 3. The summed E-state index contributed by atoms with van der Waals surface area (Å²) < 4.78 is 44.2. The Hall–Kier alpha value is -1.97. The maximum Gasteiger partial charge on any atom is 0.228 e. The average molecular weight is 390 g/mol. The van der Waals surface area contributed by atoms with Gasteiger partial charge in [-0.1, -0.05) is 44.0 Å². The van der Waals surface area contributed by atoms with Crippen LogP contribution in [0.25, 0.3) is 0 Å². The Bertz CT molecular complexity index is 726. The summed E-state index contributed by atoms with van der Waals surface area (Å²) >= 11 is 0. The lowest BCUT2D eigenvalue weighted by atomic mass is 9.77. The molecule has 4 heteroatoms. The van der Waals surface area contributed by atoms with E-state index in [0.717, 1.165) is 11.5 Å². The fourth-order valence-corrected chi connectivity index (χ4v) is 4.39. The Morgan fingerprint density at radius 1 is 0.893 bits per heavy atom. The summed E-state index contributed by atoms with van der Waals surface area (Å²) in [6.45, 7) is 1.01. The summed E-state index contributed by atoms with van der Waals surface area (Å²) in [4.78, 5) is 0. The third kappa shape index (κ3) is 5.30. The zero-order valence-electron chi connectivity index (χ0n) is 16.5. The fraction of sp³-hybridized carbons (Fsp3) is 0.500. The van der Waals surface area contributed by atoms with Gasteiger partial charge in [-0.05, 0) is 79.2 Å². The minimum Gasteiger partial charge on any atom is -0.457 e. The van der Waals surface area contributed by atoms with Gasteiger partial charge >= 0.3 is 0 Å². The minimum atomic E-state index is -1.25. The Morgan fingerprint density at radius 2 is 1.50 bits per heavy atom. The monoisotopic (exact) mass is 390 g/mol. The second kappa shape index (κ2) is 9.99. The van der Waals surface area contributed by atoms with Crippen molar-refractivity contribution in [3.63, 3.8) is 0 Å². The molecule has 0 N–H and O–H groups in total. The highest BCUT2D eigenvalue weighted by Crippen LogP contribution is 2.37. The lowest BCUT2D eigenvalue weighted by Gasteiger charge is -2.28. The number of ether oxygens (including phenoxy) is 1. The average Bonchev–Trinajstić information content (AvgIpc) is 2.70. The first kappa shape index (κ1) is 20.8. The molecule has 0 atom stereocenters. The van der Waals surface area contributed by atoms with Gasteiger partial charge in [-0.3, -0.25) is 0 Å². The van der Waals surface area contributed by atoms with Crippen molar-refractivity contribution in [1.29, 1.82) is 0 Å². The standard InChI is InChI=1S/C24H29F3O/c1-2-3-17-6-10-20(11-7-17)21-12-8-18(9-13-21)4-5-19-14-22(26)24(28-16-25)23(27)15-19/h8-9,12-15,17,20H,2-7,10-11,16H2,1H3. The molecule has 1 saturated carbocycles. The Kier molecular flexibility index (Phi) is 7.41. The molecule has 0 heterocycles. The van der Waals surface area contributed by atoms with Crippen LogP contribution in [0.2, 0.25) is 0 Å². The highest BCUT2D eigenvalue weighted by Gasteiger charge is 2.21. The second-order valence-electron chi connectivity index (χ2n) is 7.89. The number of alkyl halides is 1. The molecule has 0 radical (unpaired) electrons. The number of benzene rings is 2. The van der Waals surface area contributed by atoms with Crippen molar-refractivity contribution in [3.8, 4) is 5.75 Å². The smallest absolute Gasteiger partial charge is 0.228 e. The summed E-state index contributed by atoms with van der Waals surface area (Å²) in [7, 11) is 0. The molecule has 0 amide bonds. The molecule has 0 aromatic heterocycles. The molecule has 2 aromatic carbocycles. The zero-order chi connectivity index (χ0) is 19.9. The maximum atomic E-state index is 13.8. The van der Waals surface area contributed by atoms with Crippen LogP contribution < -0.4 is 4.74 Å². The molecule has 0 aliphatic heterocycles. The molecule has 1 nitrogen and oxygen atoms in total. The van der Waals surface area contributed by atoms with Crippen molar-refractivity contribution in [2.24, 2.45) is 5.92 Å². The summed E-state index contributed by atoms with van der Waals surface area (Å²) in [5.74, 6) is -0.802. The molecule has 3 rings (SSSR count). The lowest BCUT2D eigenvalue weighted by molar-refractivity contribution is 0.176. The summed E-state index contributed by atoms with van der Waals surface area (Å²) in [6, 6.07) is 11.1. The first-order chi connectivity index (χ1) is 13.6. The molecule has 2 aromatic rings. The maximum absolute atomic E-state index is 13.8. The molecule has 152 valence electrons. The lowest BCUT2D eigenvalue weighted by Crippen LogP contribution is -2.13. The van der Waals surface area contributed by atoms with Crippen LogP contribution in [0, 0.1) is 17.6 Å². The highest BCUT2D eigenvalue weighted by molar-refractivity contribution is 5.32. The Labute approximate surface area is 165 Å². The van der Waals surface area contributed by atoms with Crippen molar-refractivity contribution >= 4 is 0 Å². The van der Waals surface area contributed by atoms with E-state index in [9.17, 15) is 13.2 Å². The molecule has 0 spiro atoms. The topological polar surface area (TPSA) is 9.23 Å². The van der Waals surface area contributed by atoms with Gasteiger partial charge in [0.2, 0.25) is 6.86 Å². The van der Waals surface area contributed by atoms with Crippen molar-refractivity contribution in [2.45, 2.75) is 64.2 Å². The minimum absolute atomic E-state index is 0.519. The van der Waals surface area contributed by atoms with Crippen LogP contribution >= 0.6 is 0 Å². The molecule has 0 bridgehead atoms. The van der Waals surface area contributed by atoms with Gasteiger partial charge in [0.15, 0.2) is 17.4 Å². The van der Waals surface area contributed by atoms with Gasteiger partial charge in [-0.2, -0.15) is 0 Å². The van der Waals surface area contributed by atoms with Crippen LogP contribution in [-0.4, -0.2) is 6.86 Å². The van der Waals surface area contributed by atoms with Gasteiger partial charge < -0.3 is 4.74 Å². The highest BCUT2D eigenvalue weighted by atomic mass is 19.1. The van der Waals surface area contributed by atoms with Gasteiger partial charge in [0.1, 0.15) is 0 Å². The van der Waals surface area contributed by atoms with Crippen LogP contribution in [0.4, 0.5) is 13.2 Å². The van der Waals surface area contributed by atoms with E-state index in [2.05, 4.69) is 35.9 Å². The summed E-state index contributed by atoms with van der Waals surface area (Å²) in [5, 5.41) is 0. The van der Waals surface area contributed by atoms with E-state index in [1.54, 1.807) is 0 Å². The Morgan fingerprint density at radius 3 is 2.07 bits per heavy atom. The van der Waals surface area contributed by atoms with Crippen molar-refractivity contribution in [2.75, 3.05) is 6.86 Å². The van der Waals surface area contributed by atoms with Crippen LogP contribution in [0.1, 0.15) is 68.1 Å². The Balaban J connectivity index is 1.55. The largest absolute Gasteiger partial charge is 0.457 e. The van der Waals surface area contributed by atoms with Gasteiger partial charge in [0.05, 0.1) is 0 Å². The van der Waals surface area contributed by atoms with Crippen molar-refractivity contribution in [1.82, 2.24) is 0 Å². The SMILES string of the molecule is CCCC1CCC(c2ccc(CCc3cc(F)c(OCF)c(F)c3)cc2)CC1. The van der Waals surface area contributed by atoms with Gasteiger partial charge in [-0.15, -0.1) is 0 Å². The molecule has 0 unspecified atom stereocenters. The molecular formula is C24H29F3O. The van der Waals surface area contributed by atoms with E-state index in [1.165, 1.54) is 56.2 Å². The van der Waals surface area contributed by atoms with E-state index in [1.807, 2.05) is 0 Å². The number of aryl methyl sites for hydroxylation is 2. The van der Waals surface area contributed by atoms with E-state index < -0.39 is 24.2 Å². The quantitative estimate of drug-likeness (QED) is 0.466. The van der Waals surface area contributed by atoms with Gasteiger partial charge in [0.25, 0.3) is 0 Å².